The molecule has 1 heterocycles. The third-order valence-corrected chi connectivity index (χ3v) is 5.54. The monoisotopic (exact) mass is 402 g/mol. The third-order valence-electron chi connectivity index (χ3n) is 5.30. The number of carbonyl (C=O) groups is 1. The van der Waals surface area contributed by atoms with Crippen molar-refractivity contribution in [3.8, 4) is 0 Å². The lowest BCUT2D eigenvalue weighted by Gasteiger charge is -2.42. The van der Waals surface area contributed by atoms with Gasteiger partial charge in [0.15, 0.2) is 0 Å². The van der Waals surface area contributed by atoms with Crippen LogP contribution in [0.1, 0.15) is 24.0 Å². The van der Waals surface area contributed by atoms with E-state index in [9.17, 15) is 15.0 Å². The van der Waals surface area contributed by atoms with Gasteiger partial charge in [-0.2, -0.15) is 0 Å². The molecular formula is C22H27ClN2O3. The van der Waals surface area contributed by atoms with Crippen LogP contribution in [-0.4, -0.2) is 52.4 Å². The van der Waals surface area contributed by atoms with Gasteiger partial charge in [0.25, 0.3) is 0 Å². The molecule has 1 fully saturated rings. The molecule has 1 aliphatic rings. The molecule has 0 bridgehead atoms. The van der Waals surface area contributed by atoms with Gasteiger partial charge in [0, 0.05) is 37.6 Å². The number of nitrogens with zero attached hydrogens (tertiary/aromatic N) is 1. The quantitative estimate of drug-likeness (QED) is 0.665. The van der Waals surface area contributed by atoms with Gasteiger partial charge < -0.3 is 20.4 Å². The minimum absolute atomic E-state index is 0.0110. The number of aliphatic hydroxyl groups excluding tert-OH is 1. The number of likely N-dealkylation sites (tertiary alicyclic amines) is 1. The van der Waals surface area contributed by atoms with Gasteiger partial charge in [-0.05, 0) is 36.1 Å². The Balaban J connectivity index is 1.46. The number of aliphatic hydroxyl groups is 2. The summed E-state index contributed by atoms with van der Waals surface area (Å²) in [6.07, 6.45) is 0.446. The third kappa shape index (κ3) is 5.55. The van der Waals surface area contributed by atoms with Crippen LogP contribution in [0.15, 0.2) is 54.6 Å². The summed E-state index contributed by atoms with van der Waals surface area (Å²) in [5, 5.41) is 25.1. The number of rotatable bonds is 7. The van der Waals surface area contributed by atoms with Crippen LogP contribution in [-0.2, 0) is 17.8 Å². The number of aryl methyl sites for hydroxylation is 1. The fourth-order valence-electron chi connectivity index (χ4n) is 3.52. The van der Waals surface area contributed by atoms with Crippen LogP contribution in [0.25, 0.3) is 0 Å². The van der Waals surface area contributed by atoms with E-state index in [1.165, 1.54) is 0 Å². The molecule has 0 saturated carbocycles. The van der Waals surface area contributed by atoms with Crippen molar-refractivity contribution in [2.45, 2.75) is 37.5 Å². The number of halogens is 1. The average molecular weight is 403 g/mol. The minimum atomic E-state index is -1.24. The van der Waals surface area contributed by atoms with Gasteiger partial charge >= 0.3 is 0 Å². The number of nitrogens with one attached hydrogen (secondary N) is 1. The first-order valence-corrected chi connectivity index (χ1v) is 10.0. The highest BCUT2D eigenvalue weighted by atomic mass is 35.5. The lowest BCUT2D eigenvalue weighted by atomic mass is 9.88. The van der Waals surface area contributed by atoms with E-state index >= 15 is 0 Å². The van der Waals surface area contributed by atoms with Gasteiger partial charge in [-0.3, -0.25) is 4.79 Å². The van der Waals surface area contributed by atoms with Crippen molar-refractivity contribution < 1.29 is 15.0 Å². The van der Waals surface area contributed by atoms with Crippen molar-refractivity contribution in [2.24, 2.45) is 0 Å². The summed E-state index contributed by atoms with van der Waals surface area (Å²) in [7, 11) is 0. The molecule has 0 aliphatic carbocycles. The molecule has 5 nitrogen and oxygen atoms in total. The topological polar surface area (TPSA) is 72.8 Å². The molecule has 2 aromatic rings. The van der Waals surface area contributed by atoms with Crippen molar-refractivity contribution in [2.75, 3.05) is 19.6 Å². The molecular weight excluding hydrogens is 376 g/mol. The largest absolute Gasteiger partial charge is 0.388 e. The van der Waals surface area contributed by atoms with Gasteiger partial charge in [0.2, 0.25) is 5.91 Å². The molecule has 3 rings (SSSR count). The molecule has 3 N–H and O–H groups in total. The van der Waals surface area contributed by atoms with E-state index < -0.39 is 11.7 Å². The molecule has 2 aromatic carbocycles. The summed E-state index contributed by atoms with van der Waals surface area (Å²) >= 11 is 5.98. The summed E-state index contributed by atoms with van der Waals surface area (Å²) in [5.74, 6) is 0.0110. The van der Waals surface area contributed by atoms with Gasteiger partial charge in [-0.15, -0.1) is 0 Å². The smallest absolute Gasteiger partial charge is 0.222 e. The first kappa shape index (κ1) is 20.8. The fraction of sp³-hybridized carbons (Fsp3) is 0.409. The SMILES string of the molecule is O=C(CCc1ccccc1)N1CC[C@](O)(CNCc2cccc(Cl)c2)[C@@H](O)C1. The van der Waals surface area contributed by atoms with Crippen LogP contribution in [0.3, 0.4) is 0 Å². The Morgan fingerprint density at radius 2 is 1.93 bits per heavy atom. The molecule has 0 aromatic heterocycles. The zero-order valence-electron chi connectivity index (χ0n) is 15.9. The molecule has 28 heavy (non-hydrogen) atoms. The number of benzene rings is 2. The molecule has 6 heteroatoms. The Morgan fingerprint density at radius 1 is 1.18 bits per heavy atom. The lowest BCUT2D eigenvalue weighted by molar-refractivity contribution is -0.148. The van der Waals surface area contributed by atoms with Crippen molar-refractivity contribution in [1.29, 1.82) is 0 Å². The van der Waals surface area contributed by atoms with E-state index in [2.05, 4.69) is 5.32 Å². The van der Waals surface area contributed by atoms with Crippen LogP contribution < -0.4 is 5.32 Å². The second kappa shape index (κ2) is 9.52. The van der Waals surface area contributed by atoms with Crippen molar-refractivity contribution in [1.82, 2.24) is 10.2 Å². The highest BCUT2D eigenvalue weighted by Crippen LogP contribution is 2.23. The van der Waals surface area contributed by atoms with Gasteiger partial charge in [-0.25, -0.2) is 0 Å². The molecule has 2 atom stereocenters. The molecule has 0 radical (unpaired) electrons. The lowest BCUT2D eigenvalue weighted by Crippen LogP contribution is -2.60. The highest BCUT2D eigenvalue weighted by Gasteiger charge is 2.41. The van der Waals surface area contributed by atoms with Crippen molar-refractivity contribution in [3.63, 3.8) is 0 Å². The Morgan fingerprint density at radius 3 is 2.64 bits per heavy atom. The van der Waals surface area contributed by atoms with Gasteiger partial charge in [0.05, 0.1) is 0 Å². The first-order valence-electron chi connectivity index (χ1n) is 9.63. The normalized spacial score (nSPS) is 22.2. The van der Waals surface area contributed by atoms with Crippen LogP contribution in [0.2, 0.25) is 5.02 Å². The van der Waals surface area contributed by atoms with Gasteiger partial charge in [0.1, 0.15) is 11.7 Å². The summed E-state index contributed by atoms with van der Waals surface area (Å²) < 4.78 is 0. The Labute approximate surface area is 170 Å². The van der Waals surface area contributed by atoms with Crippen LogP contribution >= 0.6 is 11.6 Å². The fourth-order valence-corrected chi connectivity index (χ4v) is 3.74. The highest BCUT2D eigenvalue weighted by molar-refractivity contribution is 6.30. The van der Waals surface area contributed by atoms with E-state index in [1.807, 2.05) is 54.6 Å². The van der Waals surface area contributed by atoms with Crippen molar-refractivity contribution >= 4 is 17.5 Å². The predicted octanol–water partition coefficient (Wildman–Crippen LogP) is 2.39. The second-order valence-corrected chi connectivity index (χ2v) is 7.86. The maximum atomic E-state index is 12.5. The van der Waals surface area contributed by atoms with Crippen LogP contribution in [0.4, 0.5) is 0 Å². The Bertz CT molecular complexity index is 786. The van der Waals surface area contributed by atoms with E-state index in [-0.39, 0.29) is 19.0 Å². The number of amides is 1. The molecule has 0 unspecified atom stereocenters. The van der Waals surface area contributed by atoms with E-state index in [1.54, 1.807) is 4.90 Å². The molecule has 0 spiro atoms. The number of carbonyl (C=O) groups excluding carboxylic acids is 1. The molecule has 1 aliphatic heterocycles. The van der Waals surface area contributed by atoms with E-state index in [4.69, 9.17) is 11.6 Å². The number of β-amino-alcohol motifs (C(OH)–C–C–N with tert-alkyl or cyclic N) is 1. The average Bonchev–Trinajstić information content (AvgIpc) is 2.69. The second-order valence-electron chi connectivity index (χ2n) is 7.43. The minimum Gasteiger partial charge on any atom is -0.388 e. The van der Waals surface area contributed by atoms with Gasteiger partial charge in [-0.1, -0.05) is 54.1 Å². The maximum absolute atomic E-state index is 12.5. The summed E-state index contributed by atoms with van der Waals surface area (Å²) in [6, 6.07) is 17.4. The standard InChI is InChI=1S/C22H27ClN2O3/c23-19-8-4-7-18(13-19)14-24-16-22(28)11-12-25(15-20(22)26)21(27)10-9-17-5-2-1-3-6-17/h1-8,13,20,24,26,28H,9-12,14-16H2/t20-,22-/m0/s1. The van der Waals surface area contributed by atoms with Crippen LogP contribution in [0, 0.1) is 0 Å². The number of hydrogen-bond acceptors (Lipinski definition) is 4. The summed E-state index contributed by atoms with van der Waals surface area (Å²) in [4.78, 5) is 14.1. The Kier molecular flexibility index (Phi) is 7.08. The summed E-state index contributed by atoms with van der Waals surface area (Å²) in [6.45, 7) is 1.41. The number of piperidine rings is 1. The van der Waals surface area contributed by atoms with Crippen LogP contribution in [0.5, 0.6) is 0 Å². The zero-order valence-corrected chi connectivity index (χ0v) is 16.6. The molecule has 1 amide bonds. The predicted molar refractivity (Wildman–Crippen MR) is 110 cm³/mol. The first-order chi connectivity index (χ1) is 13.5. The Hall–Kier alpha value is -1.92. The number of hydrogen-bond donors (Lipinski definition) is 3. The van der Waals surface area contributed by atoms with Crippen molar-refractivity contribution in [3.05, 3.63) is 70.7 Å². The molecule has 1 saturated heterocycles. The van der Waals surface area contributed by atoms with E-state index in [0.717, 1.165) is 11.1 Å². The molecule has 150 valence electrons. The zero-order chi connectivity index (χ0) is 20.0. The van der Waals surface area contributed by atoms with E-state index in [0.29, 0.717) is 37.4 Å². The summed E-state index contributed by atoms with van der Waals surface area (Å²) in [5.41, 5.74) is 0.892. The maximum Gasteiger partial charge on any atom is 0.222 e.